The Balaban J connectivity index is 1.96. The van der Waals surface area contributed by atoms with Crippen LogP contribution in [0.2, 0.25) is 0 Å². The second-order valence-corrected chi connectivity index (χ2v) is 7.41. The summed E-state index contributed by atoms with van der Waals surface area (Å²) >= 11 is 1.46. The molecule has 2 heterocycles. The maximum absolute atomic E-state index is 12.3. The molecule has 0 bridgehead atoms. The van der Waals surface area contributed by atoms with Crippen LogP contribution in [0.4, 0.5) is 10.9 Å². The Morgan fingerprint density at radius 2 is 2.11 bits per heavy atom. The van der Waals surface area contributed by atoms with Crippen LogP contribution < -0.4 is 5.32 Å². The Bertz CT molecular complexity index is 971. The van der Waals surface area contributed by atoms with Gasteiger partial charge in [0.2, 0.25) is 0 Å². The molecule has 2 aromatic heterocycles. The number of carbonyl (C=O) groups excluding carboxylic acids is 1. The summed E-state index contributed by atoms with van der Waals surface area (Å²) in [4.78, 5) is 27.9. The molecule has 7 nitrogen and oxygen atoms in total. The van der Waals surface area contributed by atoms with Crippen molar-refractivity contribution >= 4 is 28.3 Å². The maximum atomic E-state index is 12.3. The Morgan fingerprint density at radius 3 is 2.82 bits per heavy atom. The minimum atomic E-state index is -0.467. The van der Waals surface area contributed by atoms with Crippen molar-refractivity contribution < 1.29 is 9.53 Å². The quantitative estimate of drug-likeness (QED) is 0.606. The van der Waals surface area contributed by atoms with Crippen molar-refractivity contribution in [3.63, 3.8) is 0 Å². The molecule has 0 unspecified atom stereocenters. The second-order valence-electron chi connectivity index (χ2n) is 6.55. The van der Waals surface area contributed by atoms with E-state index < -0.39 is 5.97 Å². The van der Waals surface area contributed by atoms with Crippen LogP contribution in [0.5, 0.6) is 0 Å². The topological polar surface area (TPSA) is 80.2 Å². The van der Waals surface area contributed by atoms with Gasteiger partial charge < -0.3 is 15.0 Å². The molecule has 0 aliphatic heterocycles. The van der Waals surface area contributed by atoms with Gasteiger partial charge in [-0.25, -0.2) is 19.7 Å². The Hall–Kier alpha value is -2.84. The van der Waals surface area contributed by atoms with Gasteiger partial charge in [-0.2, -0.15) is 0 Å². The van der Waals surface area contributed by atoms with Crippen LogP contribution in [-0.4, -0.2) is 46.5 Å². The molecule has 0 saturated heterocycles. The number of carbonyl (C=O) groups is 1. The molecule has 28 heavy (non-hydrogen) atoms. The third kappa shape index (κ3) is 4.90. The van der Waals surface area contributed by atoms with E-state index in [4.69, 9.17) is 4.74 Å². The number of esters is 1. The van der Waals surface area contributed by atoms with Crippen LogP contribution in [-0.2, 0) is 11.3 Å². The zero-order valence-corrected chi connectivity index (χ0v) is 17.2. The van der Waals surface area contributed by atoms with E-state index >= 15 is 0 Å². The van der Waals surface area contributed by atoms with E-state index in [1.165, 1.54) is 17.5 Å². The number of aromatic nitrogens is 3. The predicted molar refractivity (Wildman–Crippen MR) is 111 cm³/mol. The second kappa shape index (κ2) is 8.90. The van der Waals surface area contributed by atoms with Crippen molar-refractivity contribution in [1.82, 2.24) is 19.9 Å². The summed E-state index contributed by atoms with van der Waals surface area (Å²) in [6.07, 6.45) is 1.50. The highest BCUT2D eigenvalue weighted by atomic mass is 32.1. The number of ether oxygens (including phenoxy) is 1. The summed E-state index contributed by atoms with van der Waals surface area (Å²) in [5.41, 5.74) is 3.22. The van der Waals surface area contributed by atoms with Crippen LogP contribution in [0.3, 0.4) is 0 Å². The lowest BCUT2D eigenvalue weighted by Crippen LogP contribution is -2.12. The lowest BCUT2D eigenvalue weighted by molar-refractivity contribution is 0.0526. The average Bonchev–Trinajstić information content (AvgIpc) is 3.08. The standard InChI is InChI=1S/C20H23N5O2S/c1-5-27-19(26)16-10-21-17(14-8-6-7-13(2)9-14)23-18(16)24-20-22-15(12-28-20)11-25(3)4/h6-10,12H,5,11H2,1-4H3,(H,21,22,23,24). The number of rotatable bonds is 7. The molecule has 146 valence electrons. The first kappa shape index (κ1) is 19.9. The minimum absolute atomic E-state index is 0.280. The number of aryl methyl sites for hydroxylation is 1. The molecule has 3 aromatic rings. The van der Waals surface area contributed by atoms with Gasteiger partial charge in [0.15, 0.2) is 16.8 Å². The van der Waals surface area contributed by atoms with E-state index in [1.54, 1.807) is 6.92 Å². The zero-order chi connectivity index (χ0) is 20.1. The van der Waals surface area contributed by atoms with Crippen molar-refractivity contribution in [3.8, 4) is 11.4 Å². The largest absolute Gasteiger partial charge is 0.462 e. The molecule has 0 saturated carbocycles. The van der Waals surface area contributed by atoms with Gasteiger partial charge in [0, 0.05) is 23.7 Å². The van der Waals surface area contributed by atoms with Crippen molar-refractivity contribution in [3.05, 3.63) is 52.7 Å². The number of hydrogen-bond donors (Lipinski definition) is 1. The highest BCUT2D eigenvalue weighted by Gasteiger charge is 2.18. The van der Waals surface area contributed by atoms with Gasteiger partial charge in [-0.05, 0) is 34.0 Å². The summed E-state index contributed by atoms with van der Waals surface area (Å²) < 4.78 is 5.15. The van der Waals surface area contributed by atoms with Gasteiger partial charge >= 0.3 is 5.97 Å². The highest BCUT2D eigenvalue weighted by Crippen LogP contribution is 2.26. The Morgan fingerprint density at radius 1 is 1.29 bits per heavy atom. The average molecular weight is 398 g/mol. The first-order valence-electron chi connectivity index (χ1n) is 8.93. The lowest BCUT2D eigenvalue weighted by Gasteiger charge is -2.10. The third-order valence-corrected chi connectivity index (χ3v) is 4.62. The minimum Gasteiger partial charge on any atom is -0.462 e. The predicted octanol–water partition coefficient (Wildman–Crippen LogP) is 3.89. The maximum Gasteiger partial charge on any atom is 0.343 e. The van der Waals surface area contributed by atoms with Crippen LogP contribution in [0.1, 0.15) is 28.5 Å². The van der Waals surface area contributed by atoms with Gasteiger partial charge in [-0.1, -0.05) is 23.8 Å². The number of nitrogens with one attached hydrogen (secondary N) is 1. The highest BCUT2D eigenvalue weighted by molar-refractivity contribution is 7.13. The van der Waals surface area contributed by atoms with Gasteiger partial charge in [-0.15, -0.1) is 11.3 Å². The molecule has 8 heteroatoms. The monoisotopic (exact) mass is 397 g/mol. The summed E-state index contributed by atoms with van der Waals surface area (Å²) in [6, 6.07) is 7.91. The molecule has 3 rings (SSSR count). The van der Waals surface area contributed by atoms with Gasteiger partial charge in [0.1, 0.15) is 5.56 Å². The number of benzene rings is 1. The zero-order valence-electron chi connectivity index (χ0n) is 16.4. The number of nitrogens with zero attached hydrogens (tertiary/aromatic N) is 4. The van der Waals surface area contributed by atoms with Crippen molar-refractivity contribution in [2.24, 2.45) is 0 Å². The third-order valence-electron chi connectivity index (χ3n) is 3.82. The van der Waals surface area contributed by atoms with Gasteiger partial charge in [0.25, 0.3) is 0 Å². The van der Waals surface area contributed by atoms with Crippen molar-refractivity contribution in [2.75, 3.05) is 26.0 Å². The first-order chi connectivity index (χ1) is 13.5. The molecular formula is C20H23N5O2S. The van der Waals surface area contributed by atoms with E-state index in [0.29, 0.717) is 16.8 Å². The molecule has 0 atom stereocenters. The Labute approximate surface area is 168 Å². The van der Waals surface area contributed by atoms with Crippen LogP contribution in [0.15, 0.2) is 35.8 Å². The summed E-state index contributed by atoms with van der Waals surface area (Å²) in [5.74, 6) is 0.450. The van der Waals surface area contributed by atoms with E-state index in [1.807, 2.05) is 55.6 Å². The molecular weight excluding hydrogens is 374 g/mol. The number of hydrogen-bond acceptors (Lipinski definition) is 8. The molecule has 1 N–H and O–H groups in total. The molecule has 0 radical (unpaired) electrons. The number of anilines is 2. The fourth-order valence-electron chi connectivity index (χ4n) is 2.62. The molecule has 0 amide bonds. The summed E-state index contributed by atoms with van der Waals surface area (Å²) in [7, 11) is 3.98. The Kier molecular flexibility index (Phi) is 6.33. The molecule has 0 aliphatic rings. The van der Waals surface area contributed by atoms with E-state index in [0.717, 1.165) is 23.4 Å². The molecule has 0 fully saturated rings. The number of thiazole rings is 1. The molecule has 1 aromatic carbocycles. The van der Waals surface area contributed by atoms with Crippen molar-refractivity contribution in [1.29, 1.82) is 0 Å². The van der Waals surface area contributed by atoms with Crippen molar-refractivity contribution in [2.45, 2.75) is 20.4 Å². The van der Waals surface area contributed by atoms with E-state index in [-0.39, 0.29) is 12.2 Å². The van der Waals surface area contributed by atoms with Crippen LogP contribution >= 0.6 is 11.3 Å². The normalized spacial score (nSPS) is 10.9. The lowest BCUT2D eigenvalue weighted by atomic mass is 10.1. The summed E-state index contributed by atoms with van der Waals surface area (Å²) in [5, 5.41) is 5.81. The molecule has 0 aliphatic carbocycles. The fourth-order valence-corrected chi connectivity index (χ4v) is 3.32. The summed E-state index contributed by atoms with van der Waals surface area (Å²) in [6.45, 7) is 4.79. The fraction of sp³-hybridized carbons (Fsp3) is 0.300. The van der Waals surface area contributed by atoms with E-state index in [9.17, 15) is 4.79 Å². The SMILES string of the molecule is CCOC(=O)c1cnc(-c2cccc(C)c2)nc1Nc1nc(CN(C)C)cs1. The van der Waals surface area contributed by atoms with E-state index in [2.05, 4.69) is 20.3 Å². The first-order valence-corrected chi connectivity index (χ1v) is 9.81. The smallest absolute Gasteiger partial charge is 0.343 e. The van der Waals surface area contributed by atoms with Gasteiger partial charge in [0.05, 0.1) is 12.3 Å². The van der Waals surface area contributed by atoms with Crippen LogP contribution in [0, 0.1) is 6.92 Å². The van der Waals surface area contributed by atoms with Gasteiger partial charge in [-0.3, -0.25) is 0 Å². The van der Waals surface area contributed by atoms with Crippen LogP contribution in [0.25, 0.3) is 11.4 Å². The molecule has 0 spiro atoms.